The largest absolute Gasteiger partial charge is 0.358 e. The van der Waals surface area contributed by atoms with Crippen LogP contribution in [0.5, 0.6) is 5.88 Å². The van der Waals surface area contributed by atoms with Gasteiger partial charge in [-0.1, -0.05) is 42.5 Å². The van der Waals surface area contributed by atoms with Crippen LogP contribution >= 0.6 is 0 Å². The molecule has 0 radical (unpaired) electrons. The maximum Gasteiger partial charge on any atom is 0.340 e. The number of amides is 1. The van der Waals surface area contributed by atoms with Gasteiger partial charge in [-0.2, -0.15) is 18.2 Å². The molecule has 1 aromatic heterocycles. The molecule has 0 bridgehead atoms. The first-order valence-corrected chi connectivity index (χ1v) is 11.7. The van der Waals surface area contributed by atoms with Crippen molar-refractivity contribution in [2.75, 3.05) is 5.32 Å². The van der Waals surface area contributed by atoms with Gasteiger partial charge in [-0.05, 0) is 55.3 Å². The Morgan fingerprint density at radius 2 is 1.64 bits per heavy atom. The van der Waals surface area contributed by atoms with Crippen molar-refractivity contribution < 1.29 is 17.4 Å². The lowest BCUT2D eigenvalue weighted by Gasteiger charge is -2.13. The summed E-state index contributed by atoms with van der Waals surface area (Å²) in [6.07, 6.45) is 0. The number of anilines is 1. The van der Waals surface area contributed by atoms with Crippen LogP contribution in [0, 0.1) is 13.8 Å². The second kappa shape index (κ2) is 8.91. The molecule has 0 saturated heterocycles. The summed E-state index contributed by atoms with van der Waals surface area (Å²) in [6, 6.07) is 22.6. The molecular formula is C25H23N3O4S. The molecule has 0 spiro atoms. The molecule has 1 N–H and O–H groups in total. The lowest BCUT2D eigenvalue weighted by atomic mass is 10.1. The SMILES string of the molecule is CC(=O)Nc1ccc(S(=O)(=O)Oc2cc(-c3ccccc3)nn2-c2cccc(C)c2C)cc1. The Bertz CT molecular complexity index is 1410. The molecule has 0 saturated carbocycles. The summed E-state index contributed by atoms with van der Waals surface area (Å²) in [5.41, 5.74) is 4.65. The van der Waals surface area contributed by atoms with Crippen molar-refractivity contribution in [1.82, 2.24) is 9.78 Å². The number of nitrogens with one attached hydrogen (secondary N) is 1. The van der Waals surface area contributed by atoms with Gasteiger partial charge in [-0.3, -0.25) is 4.79 Å². The van der Waals surface area contributed by atoms with Crippen LogP contribution in [0.25, 0.3) is 16.9 Å². The molecule has 0 aliphatic rings. The summed E-state index contributed by atoms with van der Waals surface area (Å²) in [5, 5.41) is 7.27. The Balaban J connectivity index is 1.76. The highest BCUT2D eigenvalue weighted by molar-refractivity contribution is 7.87. The quantitative estimate of drug-likeness (QED) is 0.413. The first-order chi connectivity index (χ1) is 15.7. The number of carbonyl (C=O) groups is 1. The summed E-state index contributed by atoms with van der Waals surface area (Å²) in [4.78, 5) is 11.2. The van der Waals surface area contributed by atoms with E-state index in [1.807, 2.05) is 62.4 Å². The number of carbonyl (C=O) groups excluding carboxylic acids is 1. The van der Waals surface area contributed by atoms with Gasteiger partial charge in [-0.25, -0.2) is 0 Å². The van der Waals surface area contributed by atoms with Gasteiger partial charge in [0.15, 0.2) is 0 Å². The number of hydrogen-bond acceptors (Lipinski definition) is 5. The van der Waals surface area contributed by atoms with Crippen molar-refractivity contribution in [3.05, 3.63) is 90.0 Å². The van der Waals surface area contributed by atoms with Gasteiger partial charge in [0.2, 0.25) is 11.8 Å². The van der Waals surface area contributed by atoms with Gasteiger partial charge in [0, 0.05) is 24.2 Å². The molecule has 0 fully saturated rings. The number of aromatic nitrogens is 2. The summed E-state index contributed by atoms with van der Waals surface area (Å²) in [5.74, 6) is -0.166. The minimum absolute atomic E-state index is 0.0356. The maximum atomic E-state index is 13.1. The van der Waals surface area contributed by atoms with Gasteiger partial charge in [0.05, 0.1) is 11.4 Å². The molecule has 4 rings (SSSR count). The maximum absolute atomic E-state index is 13.1. The van der Waals surface area contributed by atoms with Gasteiger partial charge in [0.1, 0.15) is 4.90 Å². The highest BCUT2D eigenvalue weighted by Crippen LogP contribution is 2.30. The summed E-state index contributed by atoms with van der Waals surface area (Å²) in [6.45, 7) is 5.31. The van der Waals surface area contributed by atoms with E-state index in [9.17, 15) is 13.2 Å². The first kappa shape index (κ1) is 22.3. The van der Waals surface area contributed by atoms with Crippen LogP contribution in [0.4, 0.5) is 5.69 Å². The fourth-order valence-corrected chi connectivity index (χ4v) is 4.29. The molecule has 168 valence electrons. The standard InChI is InChI=1S/C25H23N3O4S/c1-17-8-7-11-24(18(17)2)28-25(16-23(27-28)20-9-5-4-6-10-20)32-33(30,31)22-14-12-21(13-15-22)26-19(3)29/h4-16H,1-3H3,(H,26,29). The van der Waals surface area contributed by atoms with Crippen LogP contribution in [0.2, 0.25) is 0 Å². The van der Waals surface area contributed by atoms with E-state index in [1.54, 1.807) is 6.07 Å². The number of nitrogens with zero attached hydrogens (tertiary/aromatic N) is 2. The lowest BCUT2D eigenvalue weighted by Crippen LogP contribution is -2.13. The van der Waals surface area contributed by atoms with Crippen molar-refractivity contribution in [2.24, 2.45) is 0 Å². The van der Waals surface area contributed by atoms with Crippen molar-refractivity contribution >= 4 is 21.7 Å². The summed E-state index contributed by atoms with van der Waals surface area (Å²) >= 11 is 0. The van der Waals surface area contributed by atoms with Gasteiger partial charge in [-0.15, -0.1) is 0 Å². The van der Waals surface area contributed by atoms with E-state index in [1.165, 1.54) is 35.9 Å². The van der Waals surface area contributed by atoms with E-state index in [0.717, 1.165) is 22.4 Å². The third kappa shape index (κ3) is 4.80. The zero-order chi connectivity index (χ0) is 23.6. The first-order valence-electron chi connectivity index (χ1n) is 10.3. The molecule has 0 aliphatic carbocycles. The summed E-state index contributed by atoms with van der Waals surface area (Å²) < 4.78 is 33.2. The van der Waals surface area contributed by atoms with E-state index < -0.39 is 10.1 Å². The third-order valence-electron chi connectivity index (χ3n) is 5.21. The molecule has 7 nitrogen and oxygen atoms in total. The van der Waals surface area contributed by atoms with Crippen LogP contribution in [-0.2, 0) is 14.9 Å². The minimum Gasteiger partial charge on any atom is -0.358 e. The zero-order valence-electron chi connectivity index (χ0n) is 18.4. The molecule has 33 heavy (non-hydrogen) atoms. The number of aryl methyl sites for hydroxylation is 1. The number of hydrogen-bond donors (Lipinski definition) is 1. The lowest BCUT2D eigenvalue weighted by molar-refractivity contribution is -0.114. The predicted octanol–water partition coefficient (Wildman–Crippen LogP) is 4.88. The average molecular weight is 462 g/mol. The fourth-order valence-electron chi connectivity index (χ4n) is 3.38. The normalized spacial score (nSPS) is 11.2. The molecule has 4 aromatic rings. The second-order valence-electron chi connectivity index (χ2n) is 7.61. The third-order valence-corrected chi connectivity index (χ3v) is 6.45. The van der Waals surface area contributed by atoms with Gasteiger partial charge < -0.3 is 9.50 Å². The molecular weight excluding hydrogens is 438 g/mol. The highest BCUT2D eigenvalue weighted by atomic mass is 32.2. The number of benzene rings is 3. The van der Waals surface area contributed by atoms with Crippen LogP contribution in [0.15, 0.2) is 83.8 Å². The van der Waals surface area contributed by atoms with E-state index in [2.05, 4.69) is 10.4 Å². The van der Waals surface area contributed by atoms with Gasteiger partial charge >= 0.3 is 10.1 Å². The molecule has 3 aromatic carbocycles. The van der Waals surface area contributed by atoms with E-state index >= 15 is 0 Å². The van der Waals surface area contributed by atoms with Gasteiger partial charge in [0.25, 0.3) is 0 Å². The van der Waals surface area contributed by atoms with Crippen LogP contribution in [0.3, 0.4) is 0 Å². The van der Waals surface area contributed by atoms with Crippen molar-refractivity contribution in [3.63, 3.8) is 0 Å². The molecule has 1 amide bonds. The second-order valence-corrected chi connectivity index (χ2v) is 9.15. The average Bonchev–Trinajstić information content (AvgIpc) is 3.19. The minimum atomic E-state index is -4.15. The van der Waals surface area contributed by atoms with Crippen LogP contribution in [-0.4, -0.2) is 24.1 Å². The monoisotopic (exact) mass is 461 g/mol. The topological polar surface area (TPSA) is 90.3 Å². The molecule has 0 unspecified atom stereocenters. The Hall–Kier alpha value is -3.91. The molecule has 0 atom stereocenters. The van der Waals surface area contributed by atoms with E-state index in [-0.39, 0.29) is 16.7 Å². The number of rotatable bonds is 6. The molecule has 0 aliphatic heterocycles. The molecule has 8 heteroatoms. The summed E-state index contributed by atoms with van der Waals surface area (Å²) in [7, 11) is -4.15. The van der Waals surface area contributed by atoms with Crippen LogP contribution in [0.1, 0.15) is 18.1 Å². The van der Waals surface area contributed by atoms with Crippen molar-refractivity contribution in [3.8, 4) is 22.8 Å². The zero-order valence-corrected chi connectivity index (χ0v) is 19.3. The van der Waals surface area contributed by atoms with E-state index in [0.29, 0.717) is 11.4 Å². The molecule has 1 heterocycles. The Kier molecular flexibility index (Phi) is 6.02. The van der Waals surface area contributed by atoms with E-state index in [4.69, 9.17) is 4.18 Å². The fraction of sp³-hybridized carbons (Fsp3) is 0.120. The Morgan fingerprint density at radius 3 is 2.30 bits per heavy atom. The van der Waals surface area contributed by atoms with Crippen molar-refractivity contribution in [2.45, 2.75) is 25.7 Å². The van der Waals surface area contributed by atoms with Crippen molar-refractivity contribution in [1.29, 1.82) is 0 Å². The Labute approximate surface area is 192 Å². The highest BCUT2D eigenvalue weighted by Gasteiger charge is 2.22. The predicted molar refractivity (Wildman–Crippen MR) is 127 cm³/mol. The van der Waals surface area contributed by atoms with Crippen LogP contribution < -0.4 is 9.50 Å². The smallest absolute Gasteiger partial charge is 0.340 e. The Morgan fingerprint density at radius 1 is 0.939 bits per heavy atom.